The van der Waals surface area contributed by atoms with E-state index in [9.17, 15) is 0 Å². The predicted octanol–water partition coefficient (Wildman–Crippen LogP) is 2.39. The van der Waals surface area contributed by atoms with Gasteiger partial charge < -0.3 is 10.1 Å². The molecule has 3 heteroatoms. The van der Waals surface area contributed by atoms with E-state index in [1.165, 1.54) is 5.56 Å². The average Bonchev–Trinajstić information content (AvgIpc) is 2.26. The number of pyridine rings is 1. The quantitative estimate of drug-likeness (QED) is 0.549. The Balaban J connectivity index is 2.09. The number of aryl methyl sites for hydroxylation is 1. The molecule has 1 heterocycles. The molecule has 0 amide bonds. The summed E-state index contributed by atoms with van der Waals surface area (Å²) < 4.78 is 5.36. The van der Waals surface area contributed by atoms with Gasteiger partial charge in [0, 0.05) is 12.7 Å². The molecule has 0 radical (unpaired) electrons. The first-order chi connectivity index (χ1) is 7.33. The molecule has 0 saturated heterocycles. The number of aromatic nitrogens is 1. The maximum atomic E-state index is 5.36. The van der Waals surface area contributed by atoms with Crippen LogP contribution in [0, 0.1) is 6.92 Å². The van der Waals surface area contributed by atoms with Crippen molar-refractivity contribution in [2.45, 2.75) is 13.3 Å². The topological polar surface area (TPSA) is 34.1 Å². The molecule has 1 N–H and O–H groups in total. The lowest BCUT2D eigenvalue weighted by Gasteiger charge is -2.05. The summed E-state index contributed by atoms with van der Waals surface area (Å²) in [5, 5.41) is 3.19. The standard InChI is InChI=1S/C12H18N2O/c1-3-4-8-15-9-7-13-12-6-5-11(2)10-14-12/h3,5-6,10H,1,4,7-9H2,2H3,(H,13,14). The Kier molecular flexibility index (Phi) is 5.48. The van der Waals surface area contributed by atoms with E-state index in [0.29, 0.717) is 6.61 Å². The zero-order valence-electron chi connectivity index (χ0n) is 9.20. The maximum Gasteiger partial charge on any atom is 0.125 e. The Labute approximate surface area is 91.2 Å². The molecule has 1 aromatic rings. The van der Waals surface area contributed by atoms with Crippen LogP contribution >= 0.6 is 0 Å². The molecular formula is C12H18N2O. The highest BCUT2D eigenvalue weighted by molar-refractivity contribution is 5.34. The van der Waals surface area contributed by atoms with Crippen molar-refractivity contribution in [2.24, 2.45) is 0 Å². The van der Waals surface area contributed by atoms with Gasteiger partial charge in [0.15, 0.2) is 0 Å². The number of anilines is 1. The van der Waals surface area contributed by atoms with Crippen LogP contribution in [-0.4, -0.2) is 24.7 Å². The maximum absolute atomic E-state index is 5.36. The van der Waals surface area contributed by atoms with Crippen LogP contribution in [-0.2, 0) is 4.74 Å². The van der Waals surface area contributed by atoms with Crippen molar-refractivity contribution in [1.29, 1.82) is 0 Å². The van der Waals surface area contributed by atoms with Gasteiger partial charge in [0.1, 0.15) is 5.82 Å². The summed E-state index contributed by atoms with van der Waals surface area (Å²) in [5.74, 6) is 0.896. The minimum absolute atomic E-state index is 0.698. The number of rotatable bonds is 7. The molecule has 1 aromatic heterocycles. The molecule has 82 valence electrons. The third-order valence-electron chi connectivity index (χ3n) is 1.93. The van der Waals surface area contributed by atoms with Crippen LogP contribution in [0.25, 0.3) is 0 Å². The van der Waals surface area contributed by atoms with Crippen molar-refractivity contribution < 1.29 is 4.74 Å². The van der Waals surface area contributed by atoms with Crippen molar-refractivity contribution in [3.05, 3.63) is 36.5 Å². The van der Waals surface area contributed by atoms with Crippen LogP contribution in [0.2, 0.25) is 0 Å². The van der Waals surface area contributed by atoms with Gasteiger partial charge in [-0.15, -0.1) is 6.58 Å². The minimum Gasteiger partial charge on any atom is -0.379 e. The number of hydrogen-bond acceptors (Lipinski definition) is 3. The Morgan fingerprint density at radius 3 is 3.00 bits per heavy atom. The molecule has 0 fully saturated rings. The monoisotopic (exact) mass is 206 g/mol. The van der Waals surface area contributed by atoms with E-state index in [4.69, 9.17) is 4.74 Å². The Hall–Kier alpha value is -1.35. The van der Waals surface area contributed by atoms with Crippen molar-refractivity contribution in [1.82, 2.24) is 4.98 Å². The third kappa shape index (κ3) is 5.18. The largest absolute Gasteiger partial charge is 0.379 e. The summed E-state index contributed by atoms with van der Waals surface area (Å²) in [4.78, 5) is 4.23. The third-order valence-corrected chi connectivity index (χ3v) is 1.93. The van der Waals surface area contributed by atoms with Gasteiger partial charge in [-0.25, -0.2) is 4.98 Å². The van der Waals surface area contributed by atoms with Crippen LogP contribution in [0.5, 0.6) is 0 Å². The van der Waals surface area contributed by atoms with E-state index in [2.05, 4.69) is 16.9 Å². The van der Waals surface area contributed by atoms with Gasteiger partial charge in [0.2, 0.25) is 0 Å². The normalized spacial score (nSPS) is 9.93. The van der Waals surface area contributed by atoms with Gasteiger partial charge >= 0.3 is 0 Å². The van der Waals surface area contributed by atoms with Crippen molar-refractivity contribution in [3.63, 3.8) is 0 Å². The fourth-order valence-electron chi connectivity index (χ4n) is 1.09. The first-order valence-electron chi connectivity index (χ1n) is 5.18. The zero-order chi connectivity index (χ0) is 10.9. The zero-order valence-corrected chi connectivity index (χ0v) is 9.20. The highest BCUT2D eigenvalue weighted by atomic mass is 16.5. The second-order valence-corrected chi connectivity index (χ2v) is 3.34. The van der Waals surface area contributed by atoms with E-state index < -0.39 is 0 Å². The van der Waals surface area contributed by atoms with Crippen molar-refractivity contribution >= 4 is 5.82 Å². The number of nitrogens with one attached hydrogen (secondary N) is 1. The molecule has 3 nitrogen and oxygen atoms in total. The molecule has 1 rings (SSSR count). The molecular weight excluding hydrogens is 188 g/mol. The molecule has 0 unspecified atom stereocenters. The Morgan fingerprint density at radius 1 is 1.47 bits per heavy atom. The smallest absolute Gasteiger partial charge is 0.125 e. The van der Waals surface area contributed by atoms with Crippen LogP contribution in [0.15, 0.2) is 31.0 Å². The summed E-state index contributed by atoms with van der Waals surface area (Å²) in [5.41, 5.74) is 1.17. The van der Waals surface area contributed by atoms with Crippen LogP contribution in [0.4, 0.5) is 5.82 Å². The second kappa shape index (κ2) is 7.01. The van der Waals surface area contributed by atoms with Crippen LogP contribution < -0.4 is 5.32 Å². The highest BCUT2D eigenvalue weighted by Gasteiger charge is 1.92. The van der Waals surface area contributed by atoms with Gasteiger partial charge in [-0.1, -0.05) is 12.1 Å². The first-order valence-corrected chi connectivity index (χ1v) is 5.18. The number of ether oxygens (including phenoxy) is 1. The van der Waals surface area contributed by atoms with E-state index in [0.717, 1.165) is 25.4 Å². The fourth-order valence-corrected chi connectivity index (χ4v) is 1.09. The Morgan fingerprint density at radius 2 is 2.33 bits per heavy atom. The van der Waals surface area contributed by atoms with E-state index >= 15 is 0 Å². The van der Waals surface area contributed by atoms with Crippen LogP contribution in [0.3, 0.4) is 0 Å². The number of hydrogen-bond donors (Lipinski definition) is 1. The summed E-state index contributed by atoms with van der Waals surface area (Å²) in [6, 6.07) is 4.01. The van der Waals surface area contributed by atoms with Gasteiger partial charge in [-0.05, 0) is 25.0 Å². The lowest BCUT2D eigenvalue weighted by molar-refractivity contribution is 0.149. The van der Waals surface area contributed by atoms with Gasteiger partial charge in [-0.2, -0.15) is 0 Å². The van der Waals surface area contributed by atoms with Gasteiger partial charge in [0.25, 0.3) is 0 Å². The molecule has 0 aromatic carbocycles. The molecule has 0 spiro atoms. The lowest BCUT2D eigenvalue weighted by Crippen LogP contribution is -2.10. The fraction of sp³-hybridized carbons (Fsp3) is 0.417. The summed E-state index contributed by atoms with van der Waals surface area (Å²) in [6.45, 7) is 7.88. The average molecular weight is 206 g/mol. The SMILES string of the molecule is C=CCCOCCNc1ccc(C)cn1. The molecule has 15 heavy (non-hydrogen) atoms. The van der Waals surface area contributed by atoms with Crippen molar-refractivity contribution in [3.8, 4) is 0 Å². The summed E-state index contributed by atoms with van der Waals surface area (Å²) >= 11 is 0. The van der Waals surface area contributed by atoms with E-state index in [1.54, 1.807) is 0 Å². The van der Waals surface area contributed by atoms with Crippen LogP contribution in [0.1, 0.15) is 12.0 Å². The second-order valence-electron chi connectivity index (χ2n) is 3.34. The highest BCUT2D eigenvalue weighted by Crippen LogP contribution is 2.02. The van der Waals surface area contributed by atoms with E-state index in [1.807, 2.05) is 31.3 Å². The number of nitrogens with zero attached hydrogens (tertiary/aromatic N) is 1. The Bertz CT molecular complexity index is 282. The molecule has 0 bridgehead atoms. The minimum atomic E-state index is 0.698. The van der Waals surface area contributed by atoms with Crippen molar-refractivity contribution in [2.75, 3.05) is 25.1 Å². The molecule has 0 saturated carbocycles. The molecule has 0 aliphatic heterocycles. The lowest BCUT2D eigenvalue weighted by atomic mass is 10.3. The van der Waals surface area contributed by atoms with Gasteiger partial charge in [0.05, 0.1) is 13.2 Å². The van der Waals surface area contributed by atoms with E-state index in [-0.39, 0.29) is 0 Å². The predicted molar refractivity (Wildman–Crippen MR) is 63.1 cm³/mol. The summed E-state index contributed by atoms with van der Waals surface area (Å²) in [6.07, 6.45) is 4.61. The summed E-state index contributed by atoms with van der Waals surface area (Å²) in [7, 11) is 0. The first kappa shape index (κ1) is 11.7. The molecule has 0 atom stereocenters. The molecule has 0 aliphatic carbocycles. The molecule has 0 aliphatic rings. The van der Waals surface area contributed by atoms with Gasteiger partial charge in [-0.3, -0.25) is 0 Å².